The number of hydrogen-bond donors (Lipinski definition) is 3. The number of rotatable bonds is 12. The van der Waals surface area contributed by atoms with Gasteiger partial charge in [0, 0.05) is 13.1 Å². The third-order valence-corrected chi connectivity index (χ3v) is 6.17. The molecule has 0 spiro atoms. The number of nitrogens with one attached hydrogen (secondary N) is 1. The fourth-order valence-electron chi connectivity index (χ4n) is 3.43. The van der Waals surface area contributed by atoms with Crippen LogP contribution in [0.15, 0.2) is 24.3 Å². The maximum Gasteiger partial charge on any atom is 0.270 e. The molecule has 0 bridgehead atoms. The number of carbonyl (C=O) groups is 3. The van der Waals surface area contributed by atoms with Gasteiger partial charge in [-0.1, -0.05) is 39.8 Å². The lowest BCUT2D eigenvalue weighted by Gasteiger charge is -2.32. The molecule has 0 aliphatic heterocycles. The third-order valence-electron chi connectivity index (χ3n) is 5.32. The van der Waals surface area contributed by atoms with E-state index in [2.05, 4.69) is 23.5 Å². The van der Waals surface area contributed by atoms with Crippen molar-refractivity contribution in [2.45, 2.75) is 53.1 Å². The number of nitrogens with zero attached hydrogens (tertiary/aromatic N) is 2. The topological polar surface area (TPSA) is 141 Å². The van der Waals surface area contributed by atoms with Crippen molar-refractivity contribution in [3.63, 3.8) is 0 Å². The van der Waals surface area contributed by atoms with Gasteiger partial charge in [0.05, 0.1) is 12.8 Å². The van der Waals surface area contributed by atoms with Gasteiger partial charge in [0.15, 0.2) is 5.69 Å². The Morgan fingerprint density at radius 3 is 2.26 bits per heavy atom. The SMILES string of the molecule is COc1ccc(CN(C(=O)c2snc(C(N)=O)c2N)[C@@H](CC(C)C)C(=O)NCCC(C)C)cc1. The number of anilines is 1. The Hall–Kier alpha value is -3.14. The van der Waals surface area contributed by atoms with E-state index in [1.54, 1.807) is 19.2 Å². The van der Waals surface area contributed by atoms with Crippen molar-refractivity contribution >= 4 is 34.9 Å². The van der Waals surface area contributed by atoms with E-state index in [1.807, 2.05) is 26.0 Å². The van der Waals surface area contributed by atoms with Gasteiger partial charge in [0.1, 0.15) is 16.7 Å². The van der Waals surface area contributed by atoms with Gasteiger partial charge in [-0.05, 0) is 53.9 Å². The summed E-state index contributed by atoms with van der Waals surface area (Å²) >= 11 is 0.809. The Kier molecular flexibility index (Phi) is 9.85. The molecule has 0 aliphatic carbocycles. The zero-order valence-corrected chi connectivity index (χ0v) is 21.3. The Morgan fingerprint density at radius 2 is 1.76 bits per heavy atom. The highest BCUT2D eigenvalue weighted by Crippen LogP contribution is 2.27. The first-order valence-corrected chi connectivity index (χ1v) is 12.1. The Bertz CT molecular complexity index is 988. The molecule has 0 aliphatic rings. The van der Waals surface area contributed by atoms with Gasteiger partial charge in [-0.15, -0.1) is 0 Å². The number of hydrogen-bond acceptors (Lipinski definition) is 7. The summed E-state index contributed by atoms with van der Waals surface area (Å²) in [5.74, 6) is -0.237. The van der Waals surface area contributed by atoms with Crippen LogP contribution in [-0.4, -0.2) is 46.7 Å². The Balaban J connectivity index is 2.45. The number of ether oxygens (including phenoxy) is 1. The summed E-state index contributed by atoms with van der Waals surface area (Å²) in [6.45, 7) is 8.85. The average Bonchev–Trinajstić information content (AvgIpc) is 3.17. The van der Waals surface area contributed by atoms with Gasteiger partial charge in [-0.2, -0.15) is 4.37 Å². The van der Waals surface area contributed by atoms with Crippen molar-refractivity contribution in [3.8, 4) is 5.75 Å². The maximum absolute atomic E-state index is 13.7. The molecule has 2 aromatic rings. The van der Waals surface area contributed by atoms with Crippen LogP contribution in [0.5, 0.6) is 5.75 Å². The van der Waals surface area contributed by atoms with Crippen LogP contribution in [0.2, 0.25) is 0 Å². The number of methoxy groups -OCH3 is 1. The predicted octanol–water partition coefficient (Wildman–Crippen LogP) is 3.05. The van der Waals surface area contributed by atoms with Gasteiger partial charge < -0.3 is 26.4 Å². The number of nitrogen functional groups attached to an aromatic ring is 1. The fraction of sp³-hybridized carbons (Fsp3) is 0.500. The molecule has 2 rings (SSSR count). The van der Waals surface area contributed by atoms with Gasteiger partial charge >= 0.3 is 0 Å². The third kappa shape index (κ3) is 7.18. The molecule has 34 heavy (non-hydrogen) atoms. The largest absolute Gasteiger partial charge is 0.497 e. The molecule has 1 atom stereocenters. The van der Waals surface area contributed by atoms with Crippen LogP contribution in [0.3, 0.4) is 0 Å². The molecule has 9 nitrogen and oxygen atoms in total. The van der Waals surface area contributed by atoms with Crippen molar-refractivity contribution in [2.75, 3.05) is 19.4 Å². The van der Waals surface area contributed by atoms with Crippen LogP contribution in [0.1, 0.15) is 66.3 Å². The zero-order valence-electron chi connectivity index (χ0n) is 20.5. The first-order chi connectivity index (χ1) is 16.0. The molecule has 0 saturated carbocycles. The maximum atomic E-state index is 13.7. The molecule has 1 aromatic carbocycles. The molecule has 5 N–H and O–H groups in total. The Labute approximate surface area is 205 Å². The number of aromatic nitrogens is 1. The van der Waals surface area contributed by atoms with E-state index in [0.717, 1.165) is 23.5 Å². The second-order valence-electron chi connectivity index (χ2n) is 9.04. The van der Waals surface area contributed by atoms with Crippen molar-refractivity contribution in [1.29, 1.82) is 0 Å². The summed E-state index contributed by atoms with van der Waals surface area (Å²) in [6.07, 6.45) is 1.28. The summed E-state index contributed by atoms with van der Waals surface area (Å²) in [4.78, 5) is 40.2. The van der Waals surface area contributed by atoms with Crippen molar-refractivity contribution in [3.05, 3.63) is 40.4 Å². The zero-order chi connectivity index (χ0) is 25.4. The lowest BCUT2D eigenvalue weighted by molar-refractivity contribution is -0.126. The summed E-state index contributed by atoms with van der Waals surface area (Å²) in [6, 6.07) is 6.54. The van der Waals surface area contributed by atoms with Gasteiger partial charge in [-0.3, -0.25) is 14.4 Å². The normalized spacial score (nSPS) is 12.0. The number of amides is 3. The van der Waals surface area contributed by atoms with E-state index in [-0.39, 0.29) is 34.6 Å². The molecule has 1 heterocycles. The molecular weight excluding hydrogens is 454 g/mol. The van der Waals surface area contributed by atoms with Crippen molar-refractivity contribution in [1.82, 2.24) is 14.6 Å². The fourth-order valence-corrected chi connectivity index (χ4v) is 4.20. The molecule has 3 amide bonds. The minimum atomic E-state index is -0.806. The minimum Gasteiger partial charge on any atom is -0.497 e. The molecular formula is C24H35N5O4S. The van der Waals surface area contributed by atoms with Crippen LogP contribution in [0.4, 0.5) is 5.69 Å². The predicted molar refractivity (Wildman–Crippen MR) is 134 cm³/mol. The van der Waals surface area contributed by atoms with E-state index in [4.69, 9.17) is 16.2 Å². The smallest absolute Gasteiger partial charge is 0.270 e. The van der Waals surface area contributed by atoms with Crippen molar-refractivity contribution in [2.24, 2.45) is 17.6 Å². The molecule has 186 valence electrons. The molecule has 0 unspecified atom stereocenters. The Morgan fingerprint density at radius 1 is 1.12 bits per heavy atom. The highest BCUT2D eigenvalue weighted by Gasteiger charge is 2.34. The monoisotopic (exact) mass is 489 g/mol. The number of carbonyl (C=O) groups excluding carboxylic acids is 3. The summed E-state index contributed by atoms with van der Waals surface area (Å²) in [7, 11) is 1.58. The highest BCUT2D eigenvalue weighted by atomic mass is 32.1. The molecule has 10 heteroatoms. The first kappa shape index (κ1) is 27.1. The summed E-state index contributed by atoms with van der Waals surface area (Å²) < 4.78 is 9.18. The lowest BCUT2D eigenvalue weighted by Crippen LogP contribution is -2.50. The van der Waals surface area contributed by atoms with E-state index >= 15 is 0 Å². The van der Waals surface area contributed by atoms with Crippen LogP contribution in [0.25, 0.3) is 0 Å². The lowest BCUT2D eigenvalue weighted by atomic mass is 10.00. The first-order valence-electron chi connectivity index (χ1n) is 11.3. The standard InChI is InChI=1S/C24H35N5O4S/c1-14(2)10-11-27-23(31)18(12-15(3)4)29(13-16-6-8-17(33-5)9-7-16)24(32)21-19(25)20(22(26)30)28-34-21/h6-9,14-15,18H,10-13,25H2,1-5H3,(H2,26,30)(H,27,31)/t18-/m0/s1. The molecule has 1 aromatic heterocycles. The van der Waals surface area contributed by atoms with Crippen LogP contribution >= 0.6 is 11.5 Å². The van der Waals surface area contributed by atoms with Gasteiger partial charge in [-0.25, -0.2) is 0 Å². The van der Waals surface area contributed by atoms with Crippen LogP contribution < -0.4 is 21.5 Å². The minimum absolute atomic E-state index is 0.0641. The average molecular weight is 490 g/mol. The number of nitrogens with two attached hydrogens (primary N) is 2. The number of primary amides is 1. The van der Waals surface area contributed by atoms with E-state index in [9.17, 15) is 14.4 Å². The highest BCUT2D eigenvalue weighted by molar-refractivity contribution is 7.09. The van der Waals surface area contributed by atoms with Gasteiger partial charge in [0.25, 0.3) is 11.8 Å². The summed E-state index contributed by atoms with van der Waals surface area (Å²) in [5.41, 5.74) is 12.0. The second-order valence-corrected chi connectivity index (χ2v) is 9.81. The molecule has 0 fully saturated rings. The quantitative estimate of drug-likeness (QED) is 0.418. The van der Waals surface area contributed by atoms with E-state index in [1.165, 1.54) is 4.90 Å². The number of benzene rings is 1. The van der Waals surface area contributed by atoms with E-state index < -0.39 is 17.9 Å². The van der Waals surface area contributed by atoms with Crippen LogP contribution in [0, 0.1) is 11.8 Å². The van der Waals surface area contributed by atoms with E-state index in [0.29, 0.717) is 24.6 Å². The second kappa shape index (κ2) is 12.4. The molecule has 0 radical (unpaired) electrons. The summed E-state index contributed by atoms with van der Waals surface area (Å²) in [5, 5.41) is 2.98. The van der Waals surface area contributed by atoms with Gasteiger partial charge in [0.2, 0.25) is 5.91 Å². The van der Waals surface area contributed by atoms with Crippen molar-refractivity contribution < 1.29 is 19.1 Å². The molecule has 0 saturated heterocycles. The van der Waals surface area contributed by atoms with Crippen LogP contribution in [-0.2, 0) is 11.3 Å².